The maximum atomic E-state index is 6.21. The number of halogens is 1. The van der Waals surface area contributed by atoms with Gasteiger partial charge in [-0.3, -0.25) is 4.99 Å². The lowest BCUT2D eigenvalue weighted by atomic mass is 10.1. The molecule has 0 bridgehead atoms. The number of rotatable bonds is 3. The predicted molar refractivity (Wildman–Crippen MR) is 80.1 cm³/mol. The van der Waals surface area contributed by atoms with E-state index in [0.29, 0.717) is 5.03 Å². The first kappa shape index (κ1) is 12.7. The number of hydrogen-bond acceptors (Lipinski definition) is 1. The van der Waals surface area contributed by atoms with Crippen LogP contribution in [0.15, 0.2) is 53.3 Å². The molecule has 0 aliphatic carbocycles. The molecule has 0 saturated carbocycles. The lowest BCUT2D eigenvalue weighted by Crippen LogP contribution is -1.82. The van der Waals surface area contributed by atoms with Crippen LogP contribution in [0.4, 0.5) is 0 Å². The van der Waals surface area contributed by atoms with E-state index in [1.165, 1.54) is 0 Å². The monoisotopic (exact) mass is 258 g/mol. The van der Waals surface area contributed by atoms with E-state index in [-0.39, 0.29) is 0 Å². The zero-order valence-corrected chi connectivity index (χ0v) is 11.3. The van der Waals surface area contributed by atoms with Crippen LogP contribution in [0.2, 0.25) is 0 Å². The highest BCUT2D eigenvalue weighted by Gasteiger charge is 2.08. The van der Waals surface area contributed by atoms with E-state index in [2.05, 4.69) is 16.6 Å². The molecule has 2 nitrogen and oxygen atoms in total. The molecule has 0 unspecified atom stereocenters. The molecule has 0 spiro atoms. The molecule has 1 aromatic carbocycles. The zero-order valence-electron chi connectivity index (χ0n) is 10.5. The first-order valence-electron chi connectivity index (χ1n) is 5.72. The number of aliphatic imine (C=N–C) groups is 1. The van der Waals surface area contributed by atoms with E-state index in [1.54, 1.807) is 6.20 Å². The number of nitrogens with zero attached hydrogens (tertiary/aromatic N) is 1. The van der Waals surface area contributed by atoms with Gasteiger partial charge >= 0.3 is 0 Å². The van der Waals surface area contributed by atoms with Crippen LogP contribution in [0.5, 0.6) is 0 Å². The quantitative estimate of drug-likeness (QED) is 0.608. The summed E-state index contributed by atoms with van der Waals surface area (Å²) in [5.74, 6) is 0. The average Bonchev–Trinajstić information content (AvgIpc) is 2.78. The molecule has 0 amide bonds. The normalized spacial score (nSPS) is 11.6. The van der Waals surface area contributed by atoms with Gasteiger partial charge in [0.25, 0.3) is 0 Å². The number of fused-ring (bicyclic) bond motifs is 1. The topological polar surface area (TPSA) is 28.1 Å². The molecule has 0 aliphatic heterocycles. The van der Waals surface area contributed by atoms with E-state index in [1.807, 2.05) is 44.3 Å². The lowest BCUT2D eigenvalue weighted by molar-refractivity contribution is 1.46. The van der Waals surface area contributed by atoms with E-state index in [4.69, 9.17) is 11.6 Å². The number of allylic oxidation sites excluding steroid dienone is 2. The lowest BCUT2D eigenvalue weighted by Gasteiger charge is -2.02. The number of hydrogen-bond donors (Lipinski definition) is 1. The molecule has 2 rings (SSSR count). The SMILES string of the molecule is C=C(/C(Cl)=C\N=C(C)C)c1c[nH]c2ccccc12. The van der Waals surface area contributed by atoms with Crippen LogP contribution in [-0.4, -0.2) is 10.7 Å². The average molecular weight is 259 g/mol. The highest BCUT2D eigenvalue weighted by molar-refractivity contribution is 6.37. The number of para-hydroxylation sites is 1. The molecule has 18 heavy (non-hydrogen) atoms. The van der Waals surface area contributed by atoms with Gasteiger partial charge in [-0.25, -0.2) is 0 Å². The summed E-state index contributed by atoms with van der Waals surface area (Å²) in [6, 6.07) is 8.06. The van der Waals surface area contributed by atoms with Gasteiger partial charge in [0, 0.05) is 34.6 Å². The van der Waals surface area contributed by atoms with Crippen LogP contribution in [0.25, 0.3) is 16.5 Å². The molecule has 0 fully saturated rings. The molecule has 0 aliphatic rings. The van der Waals surface area contributed by atoms with Crippen LogP contribution in [0, 0.1) is 0 Å². The van der Waals surface area contributed by atoms with E-state index in [0.717, 1.165) is 27.8 Å². The largest absolute Gasteiger partial charge is 0.361 e. The van der Waals surface area contributed by atoms with Crippen molar-refractivity contribution in [3.63, 3.8) is 0 Å². The number of aromatic nitrogens is 1. The summed E-state index contributed by atoms with van der Waals surface area (Å²) in [5, 5.41) is 1.67. The Kier molecular flexibility index (Phi) is 3.68. The fourth-order valence-corrected chi connectivity index (χ4v) is 1.86. The van der Waals surface area contributed by atoms with Gasteiger partial charge in [0.05, 0.1) is 5.03 Å². The van der Waals surface area contributed by atoms with Crippen molar-refractivity contribution >= 4 is 33.8 Å². The number of aromatic amines is 1. The maximum absolute atomic E-state index is 6.21. The van der Waals surface area contributed by atoms with Crippen LogP contribution in [0.3, 0.4) is 0 Å². The van der Waals surface area contributed by atoms with Crippen molar-refractivity contribution in [3.8, 4) is 0 Å². The van der Waals surface area contributed by atoms with Crippen molar-refractivity contribution in [2.75, 3.05) is 0 Å². The molecule has 0 saturated heterocycles. The van der Waals surface area contributed by atoms with Gasteiger partial charge in [-0.05, 0) is 25.5 Å². The molecule has 3 heteroatoms. The van der Waals surface area contributed by atoms with Gasteiger partial charge in [-0.15, -0.1) is 0 Å². The number of H-pyrrole nitrogens is 1. The molecule has 1 heterocycles. The molecular weight excluding hydrogens is 244 g/mol. The Morgan fingerprint density at radius 3 is 2.78 bits per heavy atom. The van der Waals surface area contributed by atoms with Gasteiger partial charge in [0.1, 0.15) is 0 Å². The summed E-state index contributed by atoms with van der Waals surface area (Å²) in [7, 11) is 0. The second-order valence-corrected chi connectivity index (χ2v) is 4.69. The minimum Gasteiger partial charge on any atom is -0.361 e. The maximum Gasteiger partial charge on any atom is 0.0661 e. The summed E-state index contributed by atoms with van der Waals surface area (Å²) in [5.41, 5.74) is 3.82. The molecule has 1 N–H and O–H groups in total. The molecule has 2 aromatic rings. The molecule has 92 valence electrons. The van der Waals surface area contributed by atoms with E-state index >= 15 is 0 Å². The highest BCUT2D eigenvalue weighted by atomic mass is 35.5. The van der Waals surface area contributed by atoms with Crippen LogP contribution in [-0.2, 0) is 0 Å². The summed E-state index contributed by atoms with van der Waals surface area (Å²) < 4.78 is 0. The number of benzene rings is 1. The van der Waals surface area contributed by atoms with Crippen molar-refractivity contribution in [1.29, 1.82) is 0 Å². The van der Waals surface area contributed by atoms with Gasteiger partial charge in [-0.1, -0.05) is 36.4 Å². The summed E-state index contributed by atoms with van der Waals surface area (Å²) in [6.07, 6.45) is 3.56. The summed E-state index contributed by atoms with van der Waals surface area (Å²) >= 11 is 6.21. The Labute approximate surface area is 112 Å². The third-order valence-electron chi connectivity index (χ3n) is 2.64. The number of nitrogens with one attached hydrogen (secondary N) is 1. The molecule has 0 atom stereocenters. The van der Waals surface area contributed by atoms with Gasteiger partial charge in [-0.2, -0.15) is 0 Å². The highest BCUT2D eigenvalue weighted by Crippen LogP contribution is 2.30. The zero-order chi connectivity index (χ0) is 13.1. The summed E-state index contributed by atoms with van der Waals surface area (Å²) in [4.78, 5) is 7.39. The van der Waals surface area contributed by atoms with Crippen LogP contribution in [0.1, 0.15) is 19.4 Å². The fourth-order valence-electron chi connectivity index (χ4n) is 1.71. The second-order valence-electron chi connectivity index (χ2n) is 4.28. The third-order valence-corrected chi connectivity index (χ3v) is 2.96. The smallest absolute Gasteiger partial charge is 0.0661 e. The Hall–Kier alpha value is -1.80. The van der Waals surface area contributed by atoms with Crippen LogP contribution >= 0.6 is 11.6 Å². The summed E-state index contributed by atoms with van der Waals surface area (Å²) in [6.45, 7) is 7.89. The molecular formula is C15H15ClN2. The van der Waals surface area contributed by atoms with Gasteiger partial charge < -0.3 is 4.98 Å². The standard InChI is InChI=1S/C15H15ClN2/c1-10(2)17-9-14(16)11(3)13-8-18-15-7-5-4-6-12(13)15/h4-9,18H,3H2,1-2H3/b14-9+. The van der Waals surface area contributed by atoms with Gasteiger partial charge in [0.2, 0.25) is 0 Å². The fraction of sp³-hybridized carbons (Fsp3) is 0.133. The van der Waals surface area contributed by atoms with Gasteiger partial charge in [0.15, 0.2) is 0 Å². The van der Waals surface area contributed by atoms with Crippen molar-refractivity contribution in [3.05, 3.63) is 53.8 Å². The predicted octanol–water partition coefficient (Wildman–Crippen LogP) is 4.74. The Bertz CT molecular complexity index is 643. The molecule has 0 radical (unpaired) electrons. The van der Waals surface area contributed by atoms with Crippen molar-refractivity contribution in [2.24, 2.45) is 4.99 Å². The third kappa shape index (κ3) is 2.54. The molecule has 1 aromatic heterocycles. The minimum absolute atomic E-state index is 0.556. The van der Waals surface area contributed by atoms with Crippen molar-refractivity contribution < 1.29 is 0 Å². The van der Waals surface area contributed by atoms with Crippen LogP contribution < -0.4 is 0 Å². The van der Waals surface area contributed by atoms with Crippen molar-refractivity contribution in [2.45, 2.75) is 13.8 Å². The first-order valence-corrected chi connectivity index (χ1v) is 6.10. The Balaban J connectivity index is 2.40. The van der Waals surface area contributed by atoms with E-state index < -0.39 is 0 Å². The minimum atomic E-state index is 0.556. The Morgan fingerprint density at radius 2 is 2.06 bits per heavy atom. The Morgan fingerprint density at radius 1 is 1.33 bits per heavy atom. The first-order chi connectivity index (χ1) is 8.59. The van der Waals surface area contributed by atoms with Crippen molar-refractivity contribution in [1.82, 2.24) is 4.98 Å². The second kappa shape index (κ2) is 5.23. The van der Waals surface area contributed by atoms with E-state index in [9.17, 15) is 0 Å².